The molecule has 0 aromatic carbocycles. The molecule has 9 nitrogen and oxygen atoms in total. The summed E-state index contributed by atoms with van der Waals surface area (Å²) >= 11 is 0. The highest BCUT2D eigenvalue weighted by Gasteiger charge is 2.44. The molecule has 6 unspecified atom stereocenters. The summed E-state index contributed by atoms with van der Waals surface area (Å²) in [6.07, 6.45) is 38.8. The van der Waals surface area contributed by atoms with Gasteiger partial charge in [-0.2, -0.15) is 0 Å². The lowest BCUT2D eigenvalue weighted by Crippen LogP contribution is -2.59. The summed E-state index contributed by atoms with van der Waals surface area (Å²) in [4.78, 5) is 12.7. The molecule has 1 aliphatic heterocycles. The topological polar surface area (TPSA) is 135 Å². The van der Waals surface area contributed by atoms with Crippen LogP contribution in [0.25, 0.3) is 0 Å². The Morgan fingerprint density at radius 3 is 1.22 bits per heavy atom. The van der Waals surface area contributed by atoms with Gasteiger partial charge in [0.25, 0.3) is 0 Å². The summed E-state index contributed by atoms with van der Waals surface area (Å²) in [5.74, 6) is -0.311. The van der Waals surface area contributed by atoms with Crippen LogP contribution in [0.3, 0.4) is 0 Å². The fraction of sp³-hybridized carbons (Fsp3) is 0.980. The van der Waals surface area contributed by atoms with Gasteiger partial charge in [0.05, 0.1) is 19.8 Å². The fourth-order valence-corrected chi connectivity index (χ4v) is 8.08. The second-order valence-corrected chi connectivity index (χ2v) is 17.6. The van der Waals surface area contributed by atoms with Crippen LogP contribution < -0.4 is 0 Å². The maximum atomic E-state index is 12.7. The lowest BCUT2D eigenvalue weighted by molar-refractivity contribution is -0.305. The molecule has 6 atom stereocenters. The van der Waals surface area contributed by atoms with E-state index in [2.05, 4.69) is 13.8 Å². The molecular formula is C49H96O9. The van der Waals surface area contributed by atoms with Gasteiger partial charge in [0.15, 0.2) is 6.29 Å². The molecule has 0 amide bonds. The number of hydrogen-bond donors (Lipinski definition) is 4. The minimum absolute atomic E-state index is 0.105. The Bertz CT molecular complexity index is 858. The van der Waals surface area contributed by atoms with E-state index in [0.717, 1.165) is 32.1 Å². The quantitative estimate of drug-likeness (QED) is 0.0350. The predicted molar refractivity (Wildman–Crippen MR) is 238 cm³/mol. The van der Waals surface area contributed by atoms with Gasteiger partial charge in [-0.1, -0.05) is 226 Å². The molecule has 1 saturated heterocycles. The molecule has 346 valence electrons. The molecule has 1 heterocycles. The van der Waals surface area contributed by atoms with Crippen molar-refractivity contribution < 1.29 is 44.2 Å². The minimum Gasteiger partial charge on any atom is -0.457 e. The summed E-state index contributed by atoms with van der Waals surface area (Å²) < 4.78 is 22.8. The molecular weight excluding hydrogens is 733 g/mol. The number of rotatable bonds is 44. The van der Waals surface area contributed by atoms with Crippen LogP contribution in [-0.4, -0.2) is 89.6 Å². The van der Waals surface area contributed by atoms with Crippen molar-refractivity contribution in [2.75, 3.05) is 26.4 Å². The van der Waals surface area contributed by atoms with Crippen molar-refractivity contribution in [2.45, 2.75) is 282 Å². The molecule has 0 aromatic heterocycles. The van der Waals surface area contributed by atoms with E-state index < -0.39 is 43.4 Å². The standard InChI is InChI=1S/C49H96O9/c1-3-5-7-9-11-13-14-15-16-17-18-19-20-21-22-23-24-25-26-27-28-29-31-33-35-37-39-55-41-43(42-56-49-48(54)47(53)46(52)44(40-50)58-49)57-45(51)38-36-34-32-30-12-10-8-6-4-2/h43-44,46-50,52-54H,3-42H2,1-2H3. The number of hydrogen-bond acceptors (Lipinski definition) is 9. The van der Waals surface area contributed by atoms with Gasteiger partial charge in [0.2, 0.25) is 0 Å². The van der Waals surface area contributed by atoms with E-state index in [9.17, 15) is 25.2 Å². The Labute approximate surface area is 357 Å². The average Bonchev–Trinajstić information content (AvgIpc) is 3.22. The van der Waals surface area contributed by atoms with Gasteiger partial charge in [0, 0.05) is 13.0 Å². The van der Waals surface area contributed by atoms with E-state index in [1.807, 2.05) is 0 Å². The largest absolute Gasteiger partial charge is 0.457 e. The van der Waals surface area contributed by atoms with Crippen LogP contribution >= 0.6 is 0 Å². The molecule has 0 spiro atoms. The van der Waals surface area contributed by atoms with E-state index in [4.69, 9.17) is 18.9 Å². The van der Waals surface area contributed by atoms with E-state index in [-0.39, 0.29) is 19.2 Å². The van der Waals surface area contributed by atoms with Gasteiger partial charge < -0.3 is 39.4 Å². The van der Waals surface area contributed by atoms with Crippen LogP contribution in [0, 0.1) is 0 Å². The van der Waals surface area contributed by atoms with Crippen molar-refractivity contribution in [1.82, 2.24) is 0 Å². The maximum absolute atomic E-state index is 12.7. The highest BCUT2D eigenvalue weighted by molar-refractivity contribution is 5.69. The number of aliphatic hydroxyl groups is 4. The minimum atomic E-state index is -1.53. The molecule has 9 heteroatoms. The molecule has 0 aliphatic carbocycles. The highest BCUT2D eigenvalue weighted by atomic mass is 16.7. The van der Waals surface area contributed by atoms with Crippen LogP contribution in [0.2, 0.25) is 0 Å². The van der Waals surface area contributed by atoms with Crippen molar-refractivity contribution in [3.8, 4) is 0 Å². The van der Waals surface area contributed by atoms with Gasteiger partial charge in [-0.05, 0) is 12.8 Å². The predicted octanol–water partition coefficient (Wildman–Crippen LogP) is 11.8. The molecule has 4 N–H and O–H groups in total. The third kappa shape index (κ3) is 32.0. The van der Waals surface area contributed by atoms with Crippen LogP contribution in [0.15, 0.2) is 0 Å². The monoisotopic (exact) mass is 829 g/mol. The first-order valence-electron chi connectivity index (χ1n) is 25.1. The summed E-state index contributed by atoms with van der Waals surface area (Å²) in [6.45, 7) is 4.59. The van der Waals surface area contributed by atoms with E-state index in [1.165, 1.54) is 193 Å². The number of ether oxygens (including phenoxy) is 4. The average molecular weight is 829 g/mol. The van der Waals surface area contributed by atoms with Gasteiger partial charge in [-0.15, -0.1) is 0 Å². The molecule has 0 radical (unpaired) electrons. The molecule has 1 aliphatic rings. The Morgan fingerprint density at radius 2 is 0.845 bits per heavy atom. The fourth-order valence-electron chi connectivity index (χ4n) is 8.08. The number of esters is 1. The number of unbranched alkanes of at least 4 members (excludes halogenated alkanes) is 33. The second-order valence-electron chi connectivity index (χ2n) is 17.6. The Morgan fingerprint density at radius 1 is 0.483 bits per heavy atom. The SMILES string of the molecule is CCCCCCCCCCCCCCCCCCCCCCCCCCCCOCC(COC1OC(CO)C(O)C(O)C1O)OC(=O)CCCCCCCCCCC. The van der Waals surface area contributed by atoms with Crippen LogP contribution in [0.4, 0.5) is 0 Å². The zero-order chi connectivity index (χ0) is 42.2. The molecule has 1 fully saturated rings. The molecule has 0 aromatic rings. The van der Waals surface area contributed by atoms with Gasteiger partial charge in [0.1, 0.15) is 30.5 Å². The number of carbonyl (C=O) groups excluding carboxylic acids is 1. The van der Waals surface area contributed by atoms with Crippen molar-refractivity contribution in [1.29, 1.82) is 0 Å². The van der Waals surface area contributed by atoms with Gasteiger partial charge in [-0.3, -0.25) is 4.79 Å². The maximum Gasteiger partial charge on any atom is 0.306 e. The third-order valence-electron chi connectivity index (χ3n) is 12.0. The Hall–Kier alpha value is -0.810. The molecule has 1 rings (SSSR count). The zero-order valence-electron chi connectivity index (χ0n) is 38.1. The van der Waals surface area contributed by atoms with Gasteiger partial charge >= 0.3 is 5.97 Å². The Kier molecular flexibility index (Phi) is 39.5. The van der Waals surface area contributed by atoms with E-state index >= 15 is 0 Å². The van der Waals surface area contributed by atoms with Crippen molar-refractivity contribution in [3.63, 3.8) is 0 Å². The number of carbonyl (C=O) groups is 1. The van der Waals surface area contributed by atoms with Crippen molar-refractivity contribution in [2.24, 2.45) is 0 Å². The summed E-state index contributed by atoms with van der Waals surface area (Å²) in [7, 11) is 0. The third-order valence-corrected chi connectivity index (χ3v) is 12.0. The lowest BCUT2D eigenvalue weighted by atomic mass is 9.99. The molecule has 0 bridgehead atoms. The summed E-state index contributed by atoms with van der Waals surface area (Å²) in [5, 5.41) is 40.1. The van der Waals surface area contributed by atoms with Crippen molar-refractivity contribution >= 4 is 5.97 Å². The Balaban J connectivity index is 2.08. The van der Waals surface area contributed by atoms with Crippen LogP contribution in [-0.2, 0) is 23.7 Å². The lowest BCUT2D eigenvalue weighted by Gasteiger charge is -2.39. The summed E-state index contributed by atoms with van der Waals surface area (Å²) in [5.41, 5.74) is 0. The smallest absolute Gasteiger partial charge is 0.306 e. The molecule has 0 saturated carbocycles. The number of aliphatic hydroxyl groups excluding tert-OH is 4. The first-order valence-corrected chi connectivity index (χ1v) is 25.1. The summed E-state index contributed by atoms with van der Waals surface area (Å²) in [6, 6.07) is 0. The normalized spacial score (nSPS) is 20.1. The van der Waals surface area contributed by atoms with Crippen LogP contribution in [0.1, 0.15) is 245 Å². The zero-order valence-corrected chi connectivity index (χ0v) is 38.1. The van der Waals surface area contributed by atoms with Gasteiger partial charge in [-0.25, -0.2) is 0 Å². The van der Waals surface area contributed by atoms with E-state index in [0.29, 0.717) is 13.0 Å². The van der Waals surface area contributed by atoms with E-state index in [1.54, 1.807) is 0 Å². The first-order chi connectivity index (χ1) is 28.4. The highest BCUT2D eigenvalue weighted by Crippen LogP contribution is 2.23. The molecule has 58 heavy (non-hydrogen) atoms. The van der Waals surface area contributed by atoms with Crippen LogP contribution in [0.5, 0.6) is 0 Å². The second kappa shape index (κ2) is 41.5. The van der Waals surface area contributed by atoms with Crippen molar-refractivity contribution in [3.05, 3.63) is 0 Å². The first kappa shape index (κ1) is 55.2.